The van der Waals surface area contributed by atoms with Gasteiger partial charge in [-0.1, -0.05) is 0 Å². The highest BCUT2D eigenvalue weighted by atomic mass is 19.4. The molecule has 1 fully saturated rings. The van der Waals surface area contributed by atoms with Crippen molar-refractivity contribution in [3.05, 3.63) is 18.1 Å². The maximum atomic E-state index is 14.1. The number of halogens is 4. The first-order valence-corrected chi connectivity index (χ1v) is 7.43. The van der Waals surface area contributed by atoms with Gasteiger partial charge in [0.15, 0.2) is 11.4 Å². The Balaban J connectivity index is 2.23. The molecular formula is C15H20BF4NO3. The van der Waals surface area contributed by atoms with Crippen LogP contribution in [0.25, 0.3) is 0 Å². The SMILES string of the molecule is CC(C)(Oc1ncc(B2OC(C)(C)C(C)(C)O2)cc1F)C(F)(F)F. The first kappa shape index (κ1) is 19.0. The van der Waals surface area contributed by atoms with Crippen molar-refractivity contribution in [1.82, 2.24) is 4.98 Å². The van der Waals surface area contributed by atoms with Gasteiger partial charge in [0.25, 0.3) is 5.88 Å². The molecule has 0 aromatic carbocycles. The molecule has 0 N–H and O–H groups in total. The van der Waals surface area contributed by atoms with Gasteiger partial charge in [-0.15, -0.1) is 0 Å². The molecule has 1 saturated heterocycles. The largest absolute Gasteiger partial charge is 0.496 e. The molecule has 0 atom stereocenters. The maximum Gasteiger partial charge on any atom is 0.496 e. The van der Waals surface area contributed by atoms with E-state index in [0.29, 0.717) is 0 Å². The van der Waals surface area contributed by atoms with Crippen LogP contribution in [-0.4, -0.2) is 35.1 Å². The number of pyridine rings is 1. The van der Waals surface area contributed by atoms with Gasteiger partial charge >= 0.3 is 13.3 Å². The van der Waals surface area contributed by atoms with E-state index in [0.717, 1.165) is 19.9 Å². The predicted octanol–water partition coefficient (Wildman–Crippen LogP) is 3.24. The van der Waals surface area contributed by atoms with E-state index in [4.69, 9.17) is 14.0 Å². The standard InChI is InChI=1S/C15H20BF4NO3/c1-12(2)13(3,4)24-16(23-12)9-7-10(17)11(21-8-9)22-14(5,6)15(18,19)20/h7-8H,1-6H3. The summed E-state index contributed by atoms with van der Waals surface area (Å²) in [5, 5.41) is 0. The Labute approximate surface area is 138 Å². The van der Waals surface area contributed by atoms with E-state index in [9.17, 15) is 17.6 Å². The molecule has 1 aromatic rings. The monoisotopic (exact) mass is 349 g/mol. The summed E-state index contributed by atoms with van der Waals surface area (Å²) in [5.41, 5.74) is -3.54. The smallest absolute Gasteiger partial charge is 0.460 e. The molecule has 0 amide bonds. The van der Waals surface area contributed by atoms with Gasteiger partial charge in [0, 0.05) is 11.7 Å². The third-order valence-electron chi connectivity index (χ3n) is 4.39. The third kappa shape index (κ3) is 3.37. The lowest BCUT2D eigenvalue weighted by Crippen LogP contribution is -2.45. The molecule has 134 valence electrons. The minimum atomic E-state index is -4.66. The molecule has 1 aromatic heterocycles. The zero-order valence-corrected chi connectivity index (χ0v) is 14.4. The quantitative estimate of drug-likeness (QED) is 0.621. The number of ether oxygens (including phenoxy) is 1. The van der Waals surface area contributed by atoms with E-state index in [2.05, 4.69) is 4.98 Å². The molecule has 2 heterocycles. The van der Waals surface area contributed by atoms with Crippen LogP contribution < -0.4 is 10.2 Å². The Morgan fingerprint density at radius 3 is 2.00 bits per heavy atom. The topological polar surface area (TPSA) is 40.6 Å². The van der Waals surface area contributed by atoms with Gasteiger partial charge in [0.2, 0.25) is 0 Å². The molecule has 0 radical (unpaired) electrons. The van der Waals surface area contributed by atoms with Crippen molar-refractivity contribution in [1.29, 1.82) is 0 Å². The lowest BCUT2D eigenvalue weighted by atomic mass is 9.80. The summed E-state index contributed by atoms with van der Waals surface area (Å²) >= 11 is 0. The Morgan fingerprint density at radius 1 is 1.08 bits per heavy atom. The van der Waals surface area contributed by atoms with Crippen LogP contribution in [-0.2, 0) is 9.31 Å². The molecule has 1 aliphatic heterocycles. The van der Waals surface area contributed by atoms with E-state index in [1.807, 2.05) is 27.7 Å². The second-order valence-corrected chi connectivity index (χ2v) is 7.25. The van der Waals surface area contributed by atoms with Gasteiger partial charge in [-0.2, -0.15) is 13.2 Å². The van der Waals surface area contributed by atoms with Gasteiger partial charge in [-0.3, -0.25) is 0 Å². The Kier molecular flexibility index (Phi) is 4.42. The van der Waals surface area contributed by atoms with Crippen LogP contribution in [0.2, 0.25) is 0 Å². The molecular weight excluding hydrogens is 329 g/mol. The highest BCUT2D eigenvalue weighted by Gasteiger charge is 2.52. The second kappa shape index (κ2) is 5.59. The number of aromatic nitrogens is 1. The summed E-state index contributed by atoms with van der Waals surface area (Å²) in [6, 6.07) is 1.01. The van der Waals surface area contributed by atoms with Crippen LogP contribution in [0.1, 0.15) is 41.5 Å². The number of rotatable bonds is 3. The lowest BCUT2D eigenvalue weighted by Gasteiger charge is -2.32. The summed E-state index contributed by atoms with van der Waals surface area (Å²) in [7, 11) is -0.860. The number of hydrogen-bond donors (Lipinski definition) is 0. The minimum absolute atomic E-state index is 0.267. The third-order valence-corrected chi connectivity index (χ3v) is 4.39. The lowest BCUT2D eigenvalue weighted by molar-refractivity contribution is -0.235. The molecule has 0 aliphatic carbocycles. The molecule has 0 bridgehead atoms. The van der Waals surface area contributed by atoms with Crippen LogP contribution in [0.4, 0.5) is 17.6 Å². The van der Waals surface area contributed by atoms with Crippen LogP contribution in [0.15, 0.2) is 12.3 Å². The van der Waals surface area contributed by atoms with Gasteiger partial charge in [-0.05, 0) is 47.6 Å². The maximum absolute atomic E-state index is 14.1. The van der Waals surface area contributed by atoms with Crippen LogP contribution >= 0.6 is 0 Å². The van der Waals surface area contributed by atoms with Gasteiger partial charge in [-0.25, -0.2) is 9.37 Å². The first-order chi connectivity index (χ1) is 10.7. The van der Waals surface area contributed by atoms with Crippen molar-refractivity contribution < 1.29 is 31.6 Å². The van der Waals surface area contributed by atoms with Crippen LogP contribution in [0.3, 0.4) is 0 Å². The van der Waals surface area contributed by atoms with Crippen LogP contribution in [0, 0.1) is 5.82 Å². The summed E-state index contributed by atoms with van der Waals surface area (Å²) in [4.78, 5) is 3.66. The number of hydrogen-bond acceptors (Lipinski definition) is 4. The number of nitrogens with zero attached hydrogens (tertiary/aromatic N) is 1. The highest BCUT2D eigenvalue weighted by Crippen LogP contribution is 2.37. The van der Waals surface area contributed by atoms with Gasteiger partial charge < -0.3 is 14.0 Å². The molecule has 0 unspecified atom stereocenters. The number of alkyl halides is 3. The summed E-state index contributed by atoms with van der Waals surface area (Å²) in [6.45, 7) is 8.94. The average Bonchev–Trinajstić information content (AvgIpc) is 2.59. The van der Waals surface area contributed by atoms with Crippen molar-refractivity contribution in [2.75, 3.05) is 0 Å². The van der Waals surface area contributed by atoms with Gasteiger partial charge in [0.1, 0.15) is 0 Å². The average molecular weight is 349 g/mol. The van der Waals surface area contributed by atoms with Gasteiger partial charge in [0.05, 0.1) is 11.2 Å². The summed E-state index contributed by atoms with van der Waals surface area (Å²) in [6.07, 6.45) is -3.47. The van der Waals surface area contributed by atoms with E-state index in [-0.39, 0.29) is 5.46 Å². The van der Waals surface area contributed by atoms with Crippen molar-refractivity contribution in [3.8, 4) is 5.88 Å². The zero-order chi connectivity index (χ0) is 18.6. The van der Waals surface area contributed by atoms with Crippen molar-refractivity contribution in [3.63, 3.8) is 0 Å². The highest BCUT2D eigenvalue weighted by molar-refractivity contribution is 6.62. The molecule has 9 heteroatoms. The summed E-state index contributed by atoms with van der Waals surface area (Å²) in [5.74, 6) is -1.74. The molecule has 24 heavy (non-hydrogen) atoms. The Hall–Kier alpha value is -1.35. The summed E-state index contributed by atoms with van der Waals surface area (Å²) < 4.78 is 68.8. The molecule has 1 aliphatic rings. The van der Waals surface area contributed by atoms with Crippen molar-refractivity contribution >= 4 is 12.6 Å². The molecule has 0 saturated carbocycles. The van der Waals surface area contributed by atoms with E-state index >= 15 is 0 Å². The molecule has 0 spiro atoms. The van der Waals surface area contributed by atoms with Crippen molar-refractivity contribution in [2.24, 2.45) is 0 Å². The van der Waals surface area contributed by atoms with E-state index < -0.39 is 41.8 Å². The molecule has 2 rings (SSSR count). The second-order valence-electron chi connectivity index (χ2n) is 7.25. The van der Waals surface area contributed by atoms with E-state index in [1.54, 1.807) is 0 Å². The fourth-order valence-electron chi connectivity index (χ4n) is 1.92. The predicted molar refractivity (Wildman–Crippen MR) is 80.7 cm³/mol. The van der Waals surface area contributed by atoms with Crippen molar-refractivity contribution in [2.45, 2.75) is 64.5 Å². The fourth-order valence-corrected chi connectivity index (χ4v) is 1.92. The first-order valence-electron chi connectivity index (χ1n) is 7.43. The minimum Gasteiger partial charge on any atom is -0.460 e. The Bertz CT molecular complexity index is 616. The van der Waals surface area contributed by atoms with Crippen LogP contribution in [0.5, 0.6) is 5.88 Å². The Morgan fingerprint density at radius 2 is 1.58 bits per heavy atom. The normalized spacial score (nSPS) is 20.3. The van der Waals surface area contributed by atoms with E-state index in [1.165, 1.54) is 6.20 Å². The molecule has 4 nitrogen and oxygen atoms in total. The fraction of sp³-hybridized carbons (Fsp3) is 0.667. The zero-order valence-electron chi connectivity index (χ0n) is 14.4.